The molecule has 0 spiro atoms. The third kappa shape index (κ3) is 2.81. The molecule has 1 fully saturated rings. The van der Waals surface area contributed by atoms with Gasteiger partial charge < -0.3 is 14.6 Å². The van der Waals surface area contributed by atoms with Crippen LogP contribution in [0.3, 0.4) is 0 Å². The minimum atomic E-state index is -3.87. The summed E-state index contributed by atoms with van der Waals surface area (Å²) in [5.41, 5.74) is 0. The predicted molar refractivity (Wildman–Crippen MR) is 74.1 cm³/mol. The first-order valence-corrected chi connectivity index (χ1v) is 7.82. The smallest absolute Gasteiger partial charge is 0.322 e. The van der Waals surface area contributed by atoms with Gasteiger partial charge in [-0.1, -0.05) is 0 Å². The van der Waals surface area contributed by atoms with Gasteiger partial charge in [0.05, 0.1) is 19.1 Å². The van der Waals surface area contributed by atoms with Crippen molar-refractivity contribution in [3.8, 4) is 11.5 Å². The van der Waals surface area contributed by atoms with E-state index < -0.39 is 22.0 Å². The molecule has 0 bridgehead atoms. The van der Waals surface area contributed by atoms with Crippen LogP contribution in [-0.4, -0.2) is 50.6 Å². The summed E-state index contributed by atoms with van der Waals surface area (Å²) >= 11 is 0. The van der Waals surface area contributed by atoms with Crippen molar-refractivity contribution in [2.45, 2.75) is 23.8 Å². The highest BCUT2D eigenvalue weighted by molar-refractivity contribution is 7.89. The van der Waals surface area contributed by atoms with Gasteiger partial charge in [-0.25, -0.2) is 8.42 Å². The second-order valence-corrected chi connectivity index (χ2v) is 6.52. The molecular weight excluding hydrogens is 298 g/mol. The fourth-order valence-electron chi connectivity index (χ4n) is 2.39. The van der Waals surface area contributed by atoms with E-state index in [-0.39, 0.29) is 17.2 Å². The number of benzene rings is 1. The number of carboxylic acid groups (broad SMARTS) is 1. The Hall–Kier alpha value is -1.80. The lowest BCUT2D eigenvalue weighted by atomic mass is 10.2. The summed E-state index contributed by atoms with van der Waals surface area (Å²) in [6.45, 7) is 0.202. The Morgan fingerprint density at radius 1 is 1.29 bits per heavy atom. The van der Waals surface area contributed by atoms with E-state index in [1.54, 1.807) is 0 Å². The maximum Gasteiger partial charge on any atom is 0.322 e. The van der Waals surface area contributed by atoms with Crippen molar-refractivity contribution in [2.75, 3.05) is 20.8 Å². The predicted octanol–water partition coefficient (Wildman–Crippen LogP) is 0.941. The SMILES string of the molecule is COc1ccc(S(=O)(=O)N2CCCC2C(=O)O)cc1OC. The van der Waals surface area contributed by atoms with Gasteiger partial charge in [0.15, 0.2) is 11.5 Å². The van der Waals surface area contributed by atoms with Crippen molar-refractivity contribution in [2.24, 2.45) is 0 Å². The topological polar surface area (TPSA) is 93.1 Å². The Morgan fingerprint density at radius 2 is 1.95 bits per heavy atom. The van der Waals surface area contributed by atoms with Crippen molar-refractivity contribution in [3.63, 3.8) is 0 Å². The molecule has 1 unspecified atom stereocenters. The van der Waals surface area contributed by atoms with Crippen LogP contribution >= 0.6 is 0 Å². The van der Waals surface area contributed by atoms with E-state index in [2.05, 4.69) is 0 Å². The van der Waals surface area contributed by atoms with E-state index in [9.17, 15) is 13.2 Å². The highest BCUT2D eigenvalue weighted by atomic mass is 32.2. The molecule has 1 atom stereocenters. The molecule has 1 N–H and O–H groups in total. The molecule has 1 aromatic carbocycles. The quantitative estimate of drug-likeness (QED) is 0.869. The molecule has 8 heteroatoms. The molecule has 0 radical (unpaired) electrons. The van der Waals surface area contributed by atoms with Gasteiger partial charge in [0.25, 0.3) is 0 Å². The van der Waals surface area contributed by atoms with E-state index in [0.29, 0.717) is 18.6 Å². The second-order valence-electron chi connectivity index (χ2n) is 4.63. The number of nitrogens with zero attached hydrogens (tertiary/aromatic N) is 1. The molecule has 1 heterocycles. The third-order valence-corrected chi connectivity index (χ3v) is 5.35. The number of methoxy groups -OCH3 is 2. The van der Waals surface area contributed by atoms with Gasteiger partial charge in [-0.3, -0.25) is 4.79 Å². The number of hydrogen-bond acceptors (Lipinski definition) is 5. The molecule has 21 heavy (non-hydrogen) atoms. The molecule has 0 aliphatic carbocycles. The Kier molecular flexibility index (Phi) is 4.38. The molecule has 2 rings (SSSR count). The van der Waals surface area contributed by atoms with Gasteiger partial charge in [0.2, 0.25) is 10.0 Å². The molecule has 0 saturated carbocycles. The monoisotopic (exact) mass is 315 g/mol. The Morgan fingerprint density at radius 3 is 2.52 bits per heavy atom. The van der Waals surface area contributed by atoms with Crippen LogP contribution in [0.25, 0.3) is 0 Å². The van der Waals surface area contributed by atoms with E-state index in [1.807, 2.05) is 0 Å². The standard InChI is InChI=1S/C13H17NO6S/c1-19-11-6-5-9(8-12(11)20-2)21(17,18)14-7-3-4-10(14)13(15)16/h5-6,8,10H,3-4,7H2,1-2H3,(H,15,16). The first kappa shape index (κ1) is 15.6. The minimum absolute atomic E-state index is 0.00620. The number of hydrogen-bond donors (Lipinski definition) is 1. The van der Waals surface area contributed by atoms with Gasteiger partial charge in [0, 0.05) is 12.6 Å². The fraction of sp³-hybridized carbons (Fsp3) is 0.462. The Labute approximate surface area is 123 Å². The minimum Gasteiger partial charge on any atom is -0.493 e. The number of ether oxygens (including phenoxy) is 2. The number of sulfonamides is 1. The van der Waals surface area contributed by atoms with Gasteiger partial charge in [-0.05, 0) is 25.0 Å². The molecule has 1 aromatic rings. The Balaban J connectivity index is 2.42. The van der Waals surface area contributed by atoms with Gasteiger partial charge >= 0.3 is 5.97 Å². The van der Waals surface area contributed by atoms with E-state index in [4.69, 9.17) is 14.6 Å². The summed E-state index contributed by atoms with van der Waals surface area (Å²) in [5.74, 6) is -0.436. The summed E-state index contributed by atoms with van der Waals surface area (Å²) in [7, 11) is -1.02. The van der Waals surface area contributed by atoms with Crippen LogP contribution < -0.4 is 9.47 Å². The number of aliphatic carboxylic acids is 1. The molecule has 7 nitrogen and oxygen atoms in total. The maximum absolute atomic E-state index is 12.6. The zero-order valence-corrected chi connectivity index (χ0v) is 12.6. The van der Waals surface area contributed by atoms with Crippen molar-refractivity contribution >= 4 is 16.0 Å². The highest BCUT2D eigenvalue weighted by Crippen LogP contribution is 2.32. The maximum atomic E-state index is 12.6. The van der Waals surface area contributed by atoms with Crippen LogP contribution in [0.15, 0.2) is 23.1 Å². The average Bonchev–Trinajstić information content (AvgIpc) is 2.96. The van der Waals surface area contributed by atoms with Gasteiger partial charge in [-0.2, -0.15) is 4.31 Å². The lowest BCUT2D eigenvalue weighted by Gasteiger charge is -2.21. The van der Waals surface area contributed by atoms with Crippen molar-refractivity contribution in [1.82, 2.24) is 4.31 Å². The van der Waals surface area contributed by atoms with Crippen LogP contribution in [0.5, 0.6) is 11.5 Å². The molecule has 0 amide bonds. The molecule has 0 aromatic heterocycles. The van der Waals surface area contributed by atoms with Crippen LogP contribution in [-0.2, 0) is 14.8 Å². The normalized spacial score (nSPS) is 19.4. The van der Waals surface area contributed by atoms with Crippen LogP contribution in [0.1, 0.15) is 12.8 Å². The fourth-order valence-corrected chi connectivity index (χ4v) is 4.05. The van der Waals surface area contributed by atoms with Crippen molar-refractivity contribution in [1.29, 1.82) is 0 Å². The summed E-state index contributed by atoms with van der Waals surface area (Å²) in [6, 6.07) is 3.19. The van der Waals surface area contributed by atoms with E-state index >= 15 is 0 Å². The van der Waals surface area contributed by atoms with E-state index in [1.165, 1.54) is 32.4 Å². The van der Waals surface area contributed by atoms with Crippen LogP contribution in [0.4, 0.5) is 0 Å². The largest absolute Gasteiger partial charge is 0.493 e. The van der Waals surface area contributed by atoms with Gasteiger partial charge in [0.1, 0.15) is 6.04 Å². The first-order valence-electron chi connectivity index (χ1n) is 6.38. The number of rotatable bonds is 5. The summed E-state index contributed by atoms with van der Waals surface area (Å²) in [4.78, 5) is 11.2. The molecule has 1 aliphatic rings. The third-order valence-electron chi connectivity index (χ3n) is 3.45. The lowest BCUT2D eigenvalue weighted by Crippen LogP contribution is -2.40. The van der Waals surface area contributed by atoms with Crippen LogP contribution in [0.2, 0.25) is 0 Å². The van der Waals surface area contributed by atoms with Gasteiger partial charge in [-0.15, -0.1) is 0 Å². The lowest BCUT2D eigenvalue weighted by molar-refractivity contribution is -0.140. The molecule has 1 saturated heterocycles. The summed E-state index contributed by atoms with van der Waals surface area (Å²) in [6.07, 6.45) is 0.853. The summed E-state index contributed by atoms with van der Waals surface area (Å²) < 4.78 is 36.3. The zero-order valence-electron chi connectivity index (χ0n) is 11.8. The highest BCUT2D eigenvalue weighted by Gasteiger charge is 2.39. The summed E-state index contributed by atoms with van der Waals surface area (Å²) in [5, 5.41) is 9.13. The number of carboxylic acids is 1. The van der Waals surface area contributed by atoms with Crippen LogP contribution in [0, 0.1) is 0 Å². The Bertz CT molecular complexity index is 642. The first-order chi connectivity index (χ1) is 9.91. The average molecular weight is 315 g/mol. The zero-order chi connectivity index (χ0) is 15.6. The number of carbonyl (C=O) groups is 1. The van der Waals surface area contributed by atoms with Crippen molar-refractivity contribution < 1.29 is 27.8 Å². The van der Waals surface area contributed by atoms with Crippen molar-refractivity contribution in [3.05, 3.63) is 18.2 Å². The molecular formula is C13H17NO6S. The van der Waals surface area contributed by atoms with E-state index in [0.717, 1.165) is 4.31 Å². The molecule has 1 aliphatic heterocycles. The molecule has 116 valence electrons. The second kappa shape index (κ2) is 5.90.